The van der Waals surface area contributed by atoms with Gasteiger partial charge in [0.25, 0.3) is 0 Å². The Kier molecular flexibility index (Phi) is 6.07. The van der Waals surface area contributed by atoms with Crippen molar-refractivity contribution in [3.8, 4) is 5.75 Å². The topological polar surface area (TPSA) is 59.1 Å². The molecule has 1 aliphatic rings. The molecule has 6 nitrogen and oxygen atoms in total. The van der Waals surface area contributed by atoms with Gasteiger partial charge in [-0.05, 0) is 32.9 Å². The number of ether oxygens (including phenoxy) is 2. The molecule has 0 spiro atoms. The van der Waals surface area contributed by atoms with Crippen LogP contribution in [0.5, 0.6) is 5.75 Å². The lowest BCUT2D eigenvalue weighted by molar-refractivity contribution is -0.127. The Morgan fingerprint density at radius 2 is 1.64 bits per heavy atom. The van der Waals surface area contributed by atoms with Crippen LogP contribution in [0, 0.1) is 0 Å². The van der Waals surface area contributed by atoms with Gasteiger partial charge in [0.2, 0.25) is 5.91 Å². The number of methoxy groups -OCH3 is 1. The van der Waals surface area contributed by atoms with Crippen LogP contribution in [-0.2, 0) is 9.53 Å². The highest BCUT2D eigenvalue weighted by Gasteiger charge is 2.26. The Morgan fingerprint density at radius 1 is 1.04 bits per heavy atom. The van der Waals surface area contributed by atoms with Crippen molar-refractivity contribution in [3.05, 3.63) is 35.9 Å². The lowest BCUT2D eigenvalue weighted by Gasteiger charge is -2.35. The first-order valence-electron chi connectivity index (χ1n) is 8.38. The summed E-state index contributed by atoms with van der Waals surface area (Å²) < 4.78 is 10.6. The zero-order chi connectivity index (χ0) is 18.4. The van der Waals surface area contributed by atoms with E-state index in [9.17, 15) is 9.59 Å². The minimum Gasteiger partial charge on any atom is -0.496 e. The molecule has 25 heavy (non-hydrogen) atoms. The summed E-state index contributed by atoms with van der Waals surface area (Å²) in [6.07, 6.45) is 2.96. The number of nitrogens with zero attached hydrogens (tertiary/aromatic N) is 2. The van der Waals surface area contributed by atoms with Crippen molar-refractivity contribution in [1.82, 2.24) is 9.80 Å². The molecule has 1 aliphatic heterocycles. The Bertz CT molecular complexity index is 641. The molecule has 0 aliphatic carbocycles. The van der Waals surface area contributed by atoms with E-state index < -0.39 is 5.60 Å². The SMILES string of the molecule is COc1ccccc1/C=C/C(=O)N1CCN(C(=O)OC(C)(C)C)CC1. The van der Waals surface area contributed by atoms with Gasteiger partial charge in [-0.1, -0.05) is 18.2 Å². The summed E-state index contributed by atoms with van der Waals surface area (Å²) in [6.45, 7) is 7.46. The number of benzene rings is 1. The molecule has 2 amide bonds. The molecular formula is C19H26N2O4. The molecule has 0 radical (unpaired) electrons. The second-order valence-corrected chi connectivity index (χ2v) is 6.87. The molecule has 1 aromatic carbocycles. The Morgan fingerprint density at radius 3 is 2.24 bits per heavy atom. The average molecular weight is 346 g/mol. The Labute approximate surface area is 149 Å². The molecule has 0 aromatic heterocycles. The third-order valence-electron chi connectivity index (χ3n) is 3.79. The maximum absolute atomic E-state index is 12.3. The number of rotatable bonds is 3. The van der Waals surface area contributed by atoms with Gasteiger partial charge in [0.05, 0.1) is 7.11 Å². The molecule has 136 valence electrons. The number of para-hydroxylation sites is 1. The molecular weight excluding hydrogens is 320 g/mol. The van der Waals surface area contributed by atoms with E-state index in [0.29, 0.717) is 26.2 Å². The third kappa shape index (κ3) is 5.52. The van der Waals surface area contributed by atoms with Gasteiger partial charge in [-0.15, -0.1) is 0 Å². The first-order chi connectivity index (χ1) is 11.8. The number of piperazine rings is 1. The van der Waals surface area contributed by atoms with Crippen molar-refractivity contribution in [1.29, 1.82) is 0 Å². The van der Waals surface area contributed by atoms with E-state index in [-0.39, 0.29) is 12.0 Å². The molecule has 0 N–H and O–H groups in total. The minimum absolute atomic E-state index is 0.0743. The molecule has 0 unspecified atom stereocenters. The van der Waals surface area contributed by atoms with Gasteiger partial charge in [0.15, 0.2) is 0 Å². The fourth-order valence-electron chi connectivity index (χ4n) is 2.51. The highest BCUT2D eigenvalue weighted by Crippen LogP contribution is 2.19. The van der Waals surface area contributed by atoms with Crippen LogP contribution < -0.4 is 4.74 Å². The molecule has 0 saturated carbocycles. The minimum atomic E-state index is -0.512. The number of carbonyl (C=O) groups excluding carboxylic acids is 2. The maximum Gasteiger partial charge on any atom is 0.410 e. The fraction of sp³-hybridized carbons (Fsp3) is 0.474. The molecule has 0 bridgehead atoms. The zero-order valence-corrected chi connectivity index (χ0v) is 15.3. The molecule has 6 heteroatoms. The summed E-state index contributed by atoms with van der Waals surface area (Å²) in [7, 11) is 1.60. The van der Waals surface area contributed by atoms with Crippen LogP contribution in [0.4, 0.5) is 4.79 Å². The molecule has 0 atom stereocenters. The van der Waals surface area contributed by atoms with E-state index in [0.717, 1.165) is 11.3 Å². The summed E-state index contributed by atoms with van der Waals surface area (Å²) in [5.41, 5.74) is 0.340. The molecule has 1 aromatic rings. The zero-order valence-electron chi connectivity index (χ0n) is 15.3. The number of carbonyl (C=O) groups is 2. The third-order valence-corrected chi connectivity index (χ3v) is 3.79. The lowest BCUT2D eigenvalue weighted by atomic mass is 10.2. The van der Waals surface area contributed by atoms with Gasteiger partial charge in [-0.3, -0.25) is 4.79 Å². The van der Waals surface area contributed by atoms with Crippen molar-refractivity contribution in [2.45, 2.75) is 26.4 Å². The highest BCUT2D eigenvalue weighted by molar-refractivity contribution is 5.92. The predicted octanol–water partition coefficient (Wildman–Crippen LogP) is 2.79. The van der Waals surface area contributed by atoms with Crippen LogP contribution in [0.1, 0.15) is 26.3 Å². The van der Waals surface area contributed by atoms with Crippen molar-refractivity contribution in [2.24, 2.45) is 0 Å². The lowest BCUT2D eigenvalue weighted by Crippen LogP contribution is -2.51. The standard InChI is InChI=1S/C19H26N2O4/c1-19(2,3)25-18(23)21-13-11-20(12-14-21)17(22)10-9-15-7-5-6-8-16(15)24-4/h5-10H,11-14H2,1-4H3/b10-9+. The first-order valence-corrected chi connectivity index (χ1v) is 8.38. The van der Waals surface area contributed by atoms with Gasteiger partial charge in [-0.25, -0.2) is 4.79 Å². The summed E-state index contributed by atoms with van der Waals surface area (Å²) in [4.78, 5) is 27.8. The smallest absolute Gasteiger partial charge is 0.410 e. The number of amides is 2. The number of hydrogen-bond donors (Lipinski definition) is 0. The van der Waals surface area contributed by atoms with Crippen LogP contribution >= 0.6 is 0 Å². The van der Waals surface area contributed by atoms with Gasteiger partial charge in [0, 0.05) is 37.8 Å². The van der Waals surface area contributed by atoms with Gasteiger partial charge < -0.3 is 19.3 Å². The van der Waals surface area contributed by atoms with Crippen molar-refractivity contribution in [2.75, 3.05) is 33.3 Å². The van der Waals surface area contributed by atoms with Crippen LogP contribution in [0.25, 0.3) is 6.08 Å². The maximum atomic E-state index is 12.3. The highest BCUT2D eigenvalue weighted by atomic mass is 16.6. The quantitative estimate of drug-likeness (QED) is 0.790. The molecule has 1 heterocycles. The van der Waals surface area contributed by atoms with Crippen LogP contribution in [0.3, 0.4) is 0 Å². The van der Waals surface area contributed by atoms with Gasteiger partial charge in [-0.2, -0.15) is 0 Å². The fourth-order valence-corrected chi connectivity index (χ4v) is 2.51. The van der Waals surface area contributed by atoms with E-state index >= 15 is 0 Å². The van der Waals surface area contributed by atoms with Gasteiger partial charge >= 0.3 is 6.09 Å². The van der Waals surface area contributed by atoms with Crippen molar-refractivity contribution >= 4 is 18.1 Å². The summed E-state index contributed by atoms with van der Waals surface area (Å²) >= 11 is 0. The van der Waals surface area contributed by atoms with Crippen LogP contribution in [0.2, 0.25) is 0 Å². The summed E-state index contributed by atoms with van der Waals surface area (Å²) in [5, 5.41) is 0. The molecule has 2 rings (SSSR count). The molecule has 1 saturated heterocycles. The monoisotopic (exact) mass is 346 g/mol. The second kappa shape index (κ2) is 8.05. The van der Waals surface area contributed by atoms with Crippen LogP contribution in [0.15, 0.2) is 30.3 Å². The van der Waals surface area contributed by atoms with E-state index in [1.807, 2.05) is 45.0 Å². The van der Waals surface area contributed by atoms with E-state index in [1.165, 1.54) is 0 Å². The van der Waals surface area contributed by atoms with Crippen LogP contribution in [-0.4, -0.2) is 60.7 Å². The predicted molar refractivity (Wildman–Crippen MR) is 96.4 cm³/mol. The second-order valence-electron chi connectivity index (χ2n) is 6.87. The van der Waals surface area contributed by atoms with Gasteiger partial charge in [0.1, 0.15) is 11.4 Å². The van der Waals surface area contributed by atoms with E-state index in [4.69, 9.17) is 9.47 Å². The Hall–Kier alpha value is -2.50. The largest absolute Gasteiger partial charge is 0.496 e. The Balaban J connectivity index is 1.89. The van der Waals surface area contributed by atoms with E-state index in [1.54, 1.807) is 29.1 Å². The average Bonchev–Trinajstić information content (AvgIpc) is 2.58. The summed E-state index contributed by atoms with van der Waals surface area (Å²) in [5.74, 6) is 0.649. The number of hydrogen-bond acceptors (Lipinski definition) is 4. The summed E-state index contributed by atoms with van der Waals surface area (Å²) in [6, 6.07) is 7.52. The normalized spacial score (nSPS) is 15.4. The van der Waals surface area contributed by atoms with Crippen molar-refractivity contribution in [3.63, 3.8) is 0 Å². The van der Waals surface area contributed by atoms with E-state index in [2.05, 4.69) is 0 Å². The van der Waals surface area contributed by atoms with Crippen molar-refractivity contribution < 1.29 is 19.1 Å². The first kappa shape index (κ1) is 18.8. The molecule has 1 fully saturated rings.